The number of aryl methyl sites for hydroxylation is 1. The molecule has 1 N–H and O–H groups in total. The van der Waals surface area contributed by atoms with Crippen molar-refractivity contribution in [3.05, 3.63) is 12.4 Å². The molecule has 0 bridgehead atoms. The molecule has 3 nitrogen and oxygen atoms in total. The number of aromatic nitrogens is 2. The molecule has 1 fully saturated rings. The fraction of sp³-hybridized carbons (Fsp3) is 0.727. The minimum Gasteiger partial charge on any atom is -0.317 e. The normalized spacial score (nSPS) is 26.8. The molecule has 0 aliphatic heterocycles. The van der Waals surface area contributed by atoms with Crippen LogP contribution in [0.1, 0.15) is 25.7 Å². The van der Waals surface area contributed by atoms with E-state index in [0.29, 0.717) is 6.04 Å². The first-order valence-corrected chi connectivity index (χ1v) is 6.48. The maximum absolute atomic E-state index is 4.20. The molecule has 15 heavy (non-hydrogen) atoms. The molecule has 0 saturated heterocycles. The molecule has 2 rings (SSSR count). The summed E-state index contributed by atoms with van der Waals surface area (Å²) < 4.78 is 1.88. The zero-order valence-corrected chi connectivity index (χ0v) is 10.3. The molecule has 1 aromatic rings. The number of hydrogen-bond donors (Lipinski definition) is 1. The maximum Gasteiger partial charge on any atom is 0.0625 e. The largest absolute Gasteiger partial charge is 0.317 e. The van der Waals surface area contributed by atoms with Gasteiger partial charge in [-0.05, 0) is 26.3 Å². The Labute approximate surface area is 95.6 Å². The van der Waals surface area contributed by atoms with Gasteiger partial charge in [-0.25, -0.2) is 0 Å². The van der Waals surface area contributed by atoms with Crippen molar-refractivity contribution >= 4 is 11.8 Å². The molecule has 1 heterocycles. The predicted octanol–water partition coefficient (Wildman–Crippen LogP) is 2.04. The van der Waals surface area contributed by atoms with Crippen LogP contribution in [-0.4, -0.2) is 28.1 Å². The van der Waals surface area contributed by atoms with E-state index in [4.69, 9.17) is 0 Å². The highest BCUT2D eigenvalue weighted by Crippen LogP contribution is 2.33. The number of rotatable bonds is 3. The summed E-state index contributed by atoms with van der Waals surface area (Å²) in [6, 6.07) is 0.716. The van der Waals surface area contributed by atoms with Crippen molar-refractivity contribution in [1.29, 1.82) is 0 Å². The lowest BCUT2D eigenvalue weighted by Crippen LogP contribution is -2.32. The molecule has 1 aliphatic carbocycles. The van der Waals surface area contributed by atoms with Crippen LogP contribution < -0.4 is 5.32 Å². The van der Waals surface area contributed by atoms with Gasteiger partial charge < -0.3 is 5.32 Å². The first-order chi connectivity index (χ1) is 7.28. The van der Waals surface area contributed by atoms with E-state index in [9.17, 15) is 0 Å². The first-order valence-electron chi connectivity index (χ1n) is 5.60. The van der Waals surface area contributed by atoms with Gasteiger partial charge in [-0.2, -0.15) is 5.10 Å². The van der Waals surface area contributed by atoms with Gasteiger partial charge in [0.25, 0.3) is 0 Å². The second kappa shape index (κ2) is 5.03. The SMILES string of the molecule is CNC1CCCC(Sc2cnn(C)c2)C1. The van der Waals surface area contributed by atoms with Gasteiger partial charge in [0.05, 0.1) is 6.20 Å². The monoisotopic (exact) mass is 225 g/mol. The van der Waals surface area contributed by atoms with E-state index in [0.717, 1.165) is 5.25 Å². The lowest BCUT2D eigenvalue weighted by Gasteiger charge is -2.28. The van der Waals surface area contributed by atoms with Crippen molar-refractivity contribution in [3.8, 4) is 0 Å². The van der Waals surface area contributed by atoms with E-state index in [2.05, 4.69) is 23.7 Å². The number of nitrogens with zero attached hydrogens (tertiary/aromatic N) is 2. The van der Waals surface area contributed by atoms with Gasteiger partial charge in [-0.1, -0.05) is 6.42 Å². The van der Waals surface area contributed by atoms with Crippen LogP contribution in [0.3, 0.4) is 0 Å². The second-order valence-corrected chi connectivity index (χ2v) is 5.62. The summed E-state index contributed by atoms with van der Waals surface area (Å²) in [4.78, 5) is 1.30. The zero-order chi connectivity index (χ0) is 10.7. The summed E-state index contributed by atoms with van der Waals surface area (Å²) >= 11 is 1.98. The quantitative estimate of drug-likeness (QED) is 0.854. The van der Waals surface area contributed by atoms with E-state index in [-0.39, 0.29) is 0 Å². The van der Waals surface area contributed by atoms with Crippen molar-refractivity contribution < 1.29 is 0 Å². The minimum atomic E-state index is 0.716. The second-order valence-electron chi connectivity index (χ2n) is 4.24. The molecule has 1 aliphatic rings. The Morgan fingerprint density at radius 1 is 1.53 bits per heavy atom. The molecule has 4 heteroatoms. The van der Waals surface area contributed by atoms with Crippen LogP contribution in [0.2, 0.25) is 0 Å². The van der Waals surface area contributed by atoms with Crippen molar-refractivity contribution in [3.63, 3.8) is 0 Å². The summed E-state index contributed by atoms with van der Waals surface area (Å²) in [5.74, 6) is 0. The molecule has 0 aromatic carbocycles. The van der Waals surface area contributed by atoms with Gasteiger partial charge in [0, 0.05) is 29.4 Å². The third-order valence-electron chi connectivity index (χ3n) is 3.02. The van der Waals surface area contributed by atoms with E-state index in [1.807, 2.05) is 29.7 Å². The van der Waals surface area contributed by atoms with Crippen LogP contribution in [0.5, 0.6) is 0 Å². The lowest BCUT2D eigenvalue weighted by atomic mass is 9.95. The summed E-state index contributed by atoms with van der Waals surface area (Å²) in [5.41, 5.74) is 0. The average molecular weight is 225 g/mol. The van der Waals surface area contributed by atoms with Crippen molar-refractivity contribution in [2.75, 3.05) is 7.05 Å². The highest BCUT2D eigenvalue weighted by Gasteiger charge is 2.21. The molecule has 1 aromatic heterocycles. The number of hydrogen-bond acceptors (Lipinski definition) is 3. The molecule has 0 amide bonds. The van der Waals surface area contributed by atoms with Gasteiger partial charge in [0.15, 0.2) is 0 Å². The van der Waals surface area contributed by atoms with Gasteiger partial charge in [0.1, 0.15) is 0 Å². The Balaban J connectivity index is 1.88. The van der Waals surface area contributed by atoms with Crippen molar-refractivity contribution in [1.82, 2.24) is 15.1 Å². The Hall–Kier alpha value is -0.480. The van der Waals surface area contributed by atoms with Crippen molar-refractivity contribution in [2.24, 2.45) is 7.05 Å². The molecular formula is C11H19N3S. The molecule has 2 atom stereocenters. The zero-order valence-electron chi connectivity index (χ0n) is 9.44. The third kappa shape index (κ3) is 2.98. The van der Waals surface area contributed by atoms with Crippen LogP contribution in [-0.2, 0) is 7.05 Å². The summed E-state index contributed by atoms with van der Waals surface area (Å²) in [6.07, 6.45) is 9.39. The Kier molecular flexibility index (Phi) is 3.70. The standard InChI is InChI=1S/C11H19N3S/c1-12-9-4-3-5-10(6-9)15-11-7-13-14(2)8-11/h7-10,12H,3-6H2,1-2H3. The highest BCUT2D eigenvalue weighted by molar-refractivity contribution is 8.00. The van der Waals surface area contributed by atoms with E-state index >= 15 is 0 Å². The Bertz CT molecular complexity index is 311. The molecule has 0 spiro atoms. The third-order valence-corrected chi connectivity index (χ3v) is 4.26. The Morgan fingerprint density at radius 3 is 3.07 bits per heavy atom. The molecule has 0 radical (unpaired) electrons. The maximum atomic E-state index is 4.20. The van der Waals surface area contributed by atoms with Gasteiger partial charge >= 0.3 is 0 Å². The Morgan fingerprint density at radius 2 is 2.40 bits per heavy atom. The summed E-state index contributed by atoms with van der Waals surface area (Å²) in [6.45, 7) is 0. The lowest BCUT2D eigenvalue weighted by molar-refractivity contribution is 0.402. The molecule has 1 saturated carbocycles. The predicted molar refractivity (Wildman–Crippen MR) is 64.2 cm³/mol. The molecular weight excluding hydrogens is 206 g/mol. The number of thioether (sulfide) groups is 1. The van der Waals surface area contributed by atoms with Crippen LogP contribution in [0.25, 0.3) is 0 Å². The topological polar surface area (TPSA) is 29.9 Å². The van der Waals surface area contributed by atoms with E-state index in [1.165, 1.54) is 30.6 Å². The number of nitrogens with one attached hydrogen (secondary N) is 1. The summed E-state index contributed by atoms with van der Waals surface area (Å²) in [7, 11) is 4.04. The molecule has 84 valence electrons. The average Bonchev–Trinajstić information content (AvgIpc) is 2.64. The van der Waals surface area contributed by atoms with Gasteiger partial charge in [-0.15, -0.1) is 11.8 Å². The fourth-order valence-electron chi connectivity index (χ4n) is 2.17. The smallest absolute Gasteiger partial charge is 0.0625 e. The van der Waals surface area contributed by atoms with Crippen LogP contribution >= 0.6 is 11.8 Å². The summed E-state index contributed by atoms with van der Waals surface area (Å²) in [5, 5.41) is 8.36. The molecule has 2 unspecified atom stereocenters. The fourth-order valence-corrected chi connectivity index (χ4v) is 3.49. The first kappa shape index (κ1) is 11.0. The minimum absolute atomic E-state index is 0.716. The van der Waals surface area contributed by atoms with Crippen LogP contribution in [0.4, 0.5) is 0 Å². The van der Waals surface area contributed by atoms with Crippen LogP contribution in [0.15, 0.2) is 17.3 Å². The van der Waals surface area contributed by atoms with E-state index < -0.39 is 0 Å². The van der Waals surface area contributed by atoms with Gasteiger partial charge in [-0.3, -0.25) is 4.68 Å². The van der Waals surface area contributed by atoms with Gasteiger partial charge in [0.2, 0.25) is 0 Å². The van der Waals surface area contributed by atoms with E-state index in [1.54, 1.807) is 0 Å². The highest BCUT2D eigenvalue weighted by atomic mass is 32.2. The van der Waals surface area contributed by atoms with Crippen molar-refractivity contribution in [2.45, 2.75) is 41.9 Å². The van der Waals surface area contributed by atoms with Crippen LogP contribution in [0, 0.1) is 0 Å².